The van der Waals surface area contributed by atoms with Gasteiger partial charge in [-0.3, -0.25) is 0 Å². The first-order chi connectivity index (χ1) is 9.44. The number of ether oxygens (including phenoxy) is 1. The van der Waals surface area contributed by atoms with E-state index in [0.29, 0.717) is 18.0 Å². The zero-order chi connectivity index (χ0) is 14.8. The first kappa shape index (κ1) is 15.9. The molecule has 2 N–H and O–H groups in total. The third kappa shape index (κ3) is 3.59. The minimum absolute atomic E-state index is 0.0366. The van der Waals surface area contributed by atoms with Gasteiger partial charge in [0.25, 0.3) is 0 Å². The molecule has 1 aromatic rings. The fraction of sp³-hybridized carbons (Fsp3) is 0.692. The van der Waals surface area contributed by atoms with Crippen LogP contribution in [0.15, 0.2) is 10.3 Å². The molecule has 2 atom stereocenters. The Labute approximate surface area is 124 Å². The quantitative estimate of drug-likeness (QED) is 0.866. The Morgan fingerprint density at radius 2 is 2.25 bits per heavy atom. The Morgan fingerprint density at radius 3 is 2.90 bits per heavy atom. The Kier molecular flexibility index (Phi) is 5.19. The number of sulfonamides is 1. The third-order valence-electron chi connectivity index (χ3n) is 3.40. The number of rotatable bonds is 5. The molecule has 1 aromatic heterocycles. The number of hydrogen-bond donors (Lipinski definition) is 2. The average molecular weight is 318 g/mol. The van der Waals surface area contributed by atoms with Crippen molar-refractivity contribution in [3.05, 3.63) is 15.8 Å². The second kappa shape index (κ2) is 6.53. The van der Waals surface area contributed by atoms with Gasteiger partial charge in [-0.1, -0.05) is 0 Å². The molecule has 2 heterocycles. The number of hydrogen-bond acceptors (Lipinski definition) is 5. The third-order valence-corrected chi connectivity index (χ3v) is 6.39. The van der Waals surface area contributed by atoms with Crippen molar-refractivity contribution >= 4 is 21.4 Å². The van der Waals surface area contributed by atoms with Crippen molar-refractivity contribution in [1.82, 2.24) is 10.0 Å². The van der Waals surface area contributed by atoms with Gasteiger partial charge in [0, 0.05) is 24.1 Å². The summed E-state index contributed by atoms with van der Waals surface area (Å²) in [6, 6.07) is -0.0366. The summed E-state index contributed by atoms with van der Waals surface area (Å²) in [7, 11) is -1.64. The lowest BCUT2D eigenvalue weighted by Crippen LogP contribution is -2.41. The first-order valence-corrected chi connectivity index (χ1v) is 9.16. The summed E-state index contributed by atoms with van der Waals surface area (Å²) < 4.78 is 33.5. The van der Waals surface area contributed by atoms with Gasteiger partial charge in [0.05, 0.1) is 6.10 Å². The molecule has 0 spiro atoms. The maximum atomic E-state index is 12.6. The highest BCUT2D eigenvalue weighted by atomic mass is 32.2. The monoisotopic (exact) mass is 318 g/mol. The van der Waals surface area contributed by atoms with E-state index < -0.39 is 10.0 Å². The Hall–Kier alpha value is -0.470. The largest absolute Gasteiger partial charge is 0.378 e. The van der Waals surface area contributed by atoms with Crippen LogP contribution in [-0.2, 0) is 21.3 Å². The van der Waals surface area contributed by atoms with E-state index in [1.807, 2.05) is 26.3 Å². The SMILES string of the molecule is CNCc1scc(C)c1S(=O)(=O)NC1CCOC(C)C1. The summed E-state index contributed by atoms with van der Waals surface area (Å²) in [6.07, 6.45) is 1.56. The van der Waals surface area contributed by atoms with Crippen LogP contribution in [0.2, 0.25) is 0 Å². The first-order valence-electron chi connectivity index (χ1n) is 6.79. The minimum Gasteiger partial charge on any atom is -0.378 e. The van der Waals surface area contributed by atoms with E-state index in [1.54, 1.807) is 0 Å². The molecule has 20 heavy (non-hydrogen) atoms. The molecule has 5 nitrogen and oxygen atoms in total. The molecule has 1 aliphatic heterocycles. The molecular weight excluding hydrogens is 296 g/mol. The Bertz CT molecular complexity index is 554. The second-order valence-electron chi connectivity index (χ2n) is 5.23. The van der Waals surface area contributed by atoms with Gasteiger partial charge >= 0.3 is 0 Å². The molecule has 7 heteroatoms. The molecule has 0 aromatic carbocycles. The summed E-state index contributed by atoms with van der Waals surface area (Å²) in [4.78, 5) is 1.30. The lowest BCUT2D eigenvalue weighted by Gasteiger charge is -2.27. The highest BCUT2D eigenvalue weighted by Gasteiger charge is 2.28. The molecule has 0 amide bonds. The number of aryl methyl sites for hydroxylation is 1. The van der Waals surface area contributed by atoms with Gasteiger partial charge in [0.2, 0.25) is 10.0 Å². The van der Waals surface area contributed by atoms with Crippen LogP contribution in [0.3, 0.4) is 0 Å². The van der Waals surface area contributed by atoms with Gasteiger partial charge in [0.1, 0.15) is 4.90 Å². The van der Waals surface area contributed by atoms with E-state index in [4.69, 9.17) is 4.74 Å². The van der Waals surface area contributed by atoms with Crippen LogP contribution in [0.25, 0.3) is 0 Å². The van der Waals surface area contributed by atoms with Gasteiger partial charge in [-0.25, -0.2) is 13.1 Å². The lowest BCUT2D eigenvalue weighted by molar-refractivity contribution is 0.0173. The van der Waals surface area contributed by atoms with Crippen molar-refractivity contribution in [2.45, 2.75) is 50.3 Å². The van der Waals surface area contributed by atoms with Crippen LogP contribution >= 0.6 is 11.3 Å². The molecule has 0 bridgehead atoms. The maximum Gasteiger partial charge on any atom is 0.242 e. The predicted octanol–water partition coefficient (Wildman–Crippen LogP) is 1.62. The van der Waals surface area contributed by atoms with E-state index >= 15 is 0 Å². The highest BCUT2D eigenvalue weighted by Crippen LogP contribution is 2.27. The number of nitrogens with one attached hydrogen (secondary N) is 2. The summed E-state index contributed by atoms with van der Waals surface area (Å²) in [5.74, 6) is 0. The molecule has 114 valence electrons. The fourth-order valence-corrected chi connectivity index (χ4v) is 5.62. The van der Waals surface area contributed by atoms with Crippen molar-refractivity contribution in [2.75, 3.05) is 13.7 Å². The second-order valence-corrected chi connectivity index (χ2v) is 7.84. The smallest absolute Gasteiger partial charge is 0.242 e. The standard InChI is InChI=1S/C13H22N2O3S2/c1-9-8-19-12(7-14-3)13(9)20(16,17)15-11-4-5-18-10(2)6-11/h8,10-11,14-15H,4-7H2,1-3H3. The normalized spacial score (nSPS) is 23.9. The van der Waals surface area contributed by atoms with Crippen LogP contribution in [0.1, 0.15) is 30.2 Å². The lowest BCUT2D eigenvalue weighted by atomic mass is 10.1. The molecule has 1 aliphatic rings. The summed E-state index contributed by atoms with van der Waals surface area (Å²) in [6.45, 7) is 5.00. The zero-order valence-corrected chi connectivity index (χ0v) is 13.7. The van der Waals surface area contributed by atoms with Crippen LogP contribution in [0.4, 0.5) is 0 Å². The molecule has 2 rings (SSSR count). The molecule has 0 saturated carbocycles. The van der Waals surface area contributed by atoms with E-state index in [2.05, 4.69) is 10.0 Å². The van der Waals surface area contributed by atoms with Crippen molar-refractivity contribution in [3.63, 3.8) is 0 Å². The van der Waals surface area contributed by atoms with Crippen LogP contribution in [-0.4, -0.2) is 34.2 Å². The Morgan fingerprint density at radius 1 is 1.50 bits per heavy atom. The summed E-state index contributed by atoms with van der Waals surface area (Å²) >= 11 is 1.48. The molecule has 0 aliphatic carbocycles. The van der Waals surface area contributed by atoms with Crippen molar-refractivity contribution in [1.29, 1.82) is 0 Å². The van der Waals surface area contributed by atoms with Crippen LogP contribution in [0, 0.1) is 6.92 Å². The Balaban J connectivity index is 2.19. The van der Waals surface area contributed by atoms with Crippen molar-refractivity contribution < 1.29 is 13.2 Å². The van der Waals surface area contributed by atoms with Crippen LogP contribution < -0.4 is 10.0 Å². The molecule has 1 saturated heterocycles. The van der Waals surface area contributed by atoms with Gasteiger partial charge in [0.15, 0.2) is 0 Å². The molecular formula is C13H22N2O3S2. The van der Waals surface area contributed by atoms with Gasteiger partial charge < -0.3 is 10.1 Å². The highest BCUT2D eigenvalue weighted by molar-refractivity contribution is 7.89. The van der Waals surface area contributed by atoms with Gasteiger partial charge in [-0.15, -0.1) is 11.3 Å². The van der Waals surface area contributed by atoms with Crippen molar-refractivity contribution in [3.8, 4) is 0 Å². The topological polar surface area (TPSA) is 67.4 Å². The van der Waals surface area contributed by atoms with E-state index in [-0.39, 0.29) is 12.1 Å². The fourth-order valence-electron chi connectivity index (χ4n) is 2.51. The number of thiophene rings is 1. The van der Waals surface area contributed by atoms with Crippen molar-refractivity contribution in [2.24, 2.45) is 0 Å². The van der Waals surface area contributed by atoms with Crippen LogP contribution in [0.5, 0.6) is 0 Å². The molecule has 1 fully saturated rings. The average Bonchev–Trinajstić information content (AvgIpc) is 2.71. The predicted molar refractivity (Wildman–Crippen MR) is 80.6 cm³/mol. The van der Waals surface area contributed by atoms with Gasteiger partial charge in [-0.2, -0.15) is 0 Å². The molecule has 2 unspecified atom stereocenters. The summed E-state index contributed by atoms with van der Waals surface area (Å²) in [5.41, 5.74) is 0.813. The van der Waals surface area contributed by atoms with E-state index in [9.17, 15) is 8.42 Å². The minimum atomic E-state index is -3.46. The van der Waals surface area contributed by atoms with E-state index in [1.165, 1.54) is 11.3 Å². The molecule has 0 radical (unpaired) electrons. The summed E-state index contributed by atoms with van der Waals surface area (Å²) in [5, 5.41) is 4.92. The zero-order valence-electron chi connectivity index (χ0n) is 12.1. The maximum absolute atomic E-state index is 12.6. The van der Waals surface area contributed by atoms with E-state index in [0.717, 1.165) is 23.3 Å². The van der Waals surface area contributed by atoms with Gasteiger partial charge in [-0.05, 0) is 44.7 Å².